The van der Waals surface area contributed by atoms with Crippen LogP contribution in [0.2, 0.25) is 0 Å². The number of alkyl halides is 2. The summed E-state index contributed by atoms with van der Waals surface area (Å²) in [4.78, 5) is 12.8. The maximum absolute atomic E-state index is 14.0. The number of nitro benzene ring substituents is 1. The molecule has 2 aromatic carbocycles. The van der Waals surface area contributed by atoms with Crippen molar-refractivity contribution >= 4 is 5.69 Å². The topological polar surface area (TPSA) is 64.8 Å². The summed E-state index contributed by atoms with van der Waals surface area (Å²) >= 11 is 0. The molecule has 0 radical (unpaired) electrons. The number of nitro groups is 1. The molecule has 0 amide bonds. The largest absolute Gasteiger partial charge is 0.493 e. The molecule has 28 heavy (non-hydrogen) atoms. The minimum absolute atomic E-state index is 0.0254. The van der Waals surface area contributed by atoms with Gasteiger partial charge in [-0.2, -0.15) is 8.78 Å². The Morgan fingerprint density at radius 3 is 2.43 bits per heavy atom. The Labute approximate surface area is 159 Å². The van der Waals surface area contributed by atoms with Crippen LogP contribution in [-0.4, -0.2) is 29.6 Å². The second-order valence-electron chi connectivity index (χ2n) is 6.49. The van der Waals surface area contributed by atoms with E-state index in [1.54, 1.807) is 18.2 Å². The Bertz CT molecular complexity index is 859. The molecule has 0 saturated heterocycles. The van der Waals surface area contributed by atoms with Crippen molar-refractivity contribution in [3.05, 3.63) is 63.5 Å². The van der Waals surface area contributed by atoms with Gasteiger partial charge in [-0.1, -0.05) is 18.2 Å². The smallest absolute Gasteiger partial charge is 0.387 e. The van der Waals surface area contributed by atoms with Crippen LogP contribution in [0.4, 0.5) is 18.9 Å². The van der Waals surface area contributed by atoms with E-state index in [9.17, 15) is 23.3 Å². The van der Waals surface area contributed by atoms with Gasteiger partial charge in [-0.05, 0) is 25.0 Å². The van der Waals surface area contributed by atoms with Crippen LogP contribution >= 0.6 is 0 Å². The fourth-order valence-corrected chi connectivity index (χ4v) is 3.05. The third-order valence-electron chi connectivity index (χ3n) is 4.55. The van der Waals surface area contributed by atoms with Crippen molar-refractivity contribution in [2.75, 3.05) is 7.11 Å². The first-order chi connectivity index (χ1) is 13.4. The average Bonchev–Trinajstić information content (AvgIpc) is 3.48. The van der Waals surface area contributed by atoms with E-state index < -0.39 is 17.3 Å². The quantitative estimate of drug-likeness (QED) is 0.461. The Kier molecular flexibility index (Phi) is 6.03. The van der Waals surface area contributed by atoms with Gasteiger partial charge in [-0.15, -0.1) is 0 Å². The van der Waals surface area contributed by atoms with Crippen molar-refractivity contribution in [3.8, 4) is 11.5 Å². The van der Waals surface area contributed by atoms with Crippen LogP contribution in [0.3, 0.4) is 0 Å². The number of nitrogens with zero attached hydrogens (tertiary/aromatic N) is 2. The highest BCUT2D eigenvalue weighted by Gasteiger charge is 2.32. The molecule has 0 spiro atoms. The van der Waals surface area contributed by atoms with E-state index in [2.05, 4.69) is 4.74 Å². The highest BCUT2D eigenvalue weighted by atomic mass is 19.3. The Morgan fingerprint density at radius 2 is 1.86 bits per heavy atom. The van der Waals surface area contributed by atoms with Gasteiger partial charge in [0.15, 0.2) is 11.5 Å². The molecule has 9 heteroatoms. The standard InChI is InChI=1S/C19H19F3N2O4/c1-27-17-8-13(16(24(25)26)9-18(17)28-19(21)22)11-23(14-6-7-14)10-12-4-2-3-5-15(12)20/h2-5,8-9,14,19H,6-7,10-11H2,1H3. The molecule has 0 atom stereocenters. The summed E-state index contributed by atoms with van der Waals surface area (Å²) < 4.78 is 48.6. The zero-order valence-corrected chi connectivity index (χ0v) is 15.1. The molecule has 1 fully saturated rings. The molecule has 0 heterocycles. The monoisotopic (exact) mass is 396 g/mol. The summed E-state index contributed by atoms with van der Waals surface area (Å²) in [6, 6.07) is 8.80. The molecule has 0 bridgehead atoms. The molecule has 0 unspecified atom stereocenters. The second-order valence-corrected chi connectivity index (χ2v) is 6.49. The predicted molar refractivity (Wildman–Crippen MR) is 94.9 cm³/mol. The molecular weight excluding hydrogens is 377 g/mol. The molecule has 2 aromatic rings. The number of benzene rings is 2. The number of halogens is 3. The summed E-state index contributed by atoms with van der Waals surface area (Å²) in [5.41, 5.74) is 0.420. The zero-order chi connectivity index (χ0) is 20.3. The summed E-state index contributed by atoms with van der Waals surface area (Å²) in [6.45, 7) is -2.70. The maximum Gasteiger partial charge on any atom is 0.387 e. The lowest BCUT2D eigenvalue weighted by Gasteiger charge is -2.23. The normalized spacial score (nSPS) is 13.8. The van der Waals surface area contributed by atoms with Gasteiger partial charge in [-0.25, -0.2) is 4.39 Å². The Balaban J connectivity index is 1.91. The minimum Gasteiger partial charge on any atom is -0.493 e. The van der Waals surface area contributed by atoms with Crippen LogP contribution in [0.25, 0.3) is 0 Å². The molecule has 1 aliphatic carbocycles. The van der Waals surface area contributed by atoms with Gasteiger partial charge in [-0.3, -0.25) is 15.0 Å². The molecule has 0 aliphatic heterocycles. The number of ether oxygens (including phenoxy) is 2. The van der Waals surface area contributed by atoms with E-state index >= 15 is 0 Å². The SMILES string of the molecule is COc1cc(CN(Cc2ccccc2F)C2CC2)c([N+](=O)[O-])cc1OC(F)F. The molecule has 3 rings (SSSR count). The first-order valence-corrected chi connectivity index (χ1v) is 8.66. The second kappa shape index (κ2) is 8.47. The lowest BCUT2D eigenvalue weighted by molar-refractivity contribution is -0.385. The lowest BCUT2D eigenvalue weighted by Crippen LogP contribution is -2.26. The van der Waals surface area contributed by atoms with Crippen molar-refractivity contribution in [1.82, 2.24) is 4.90 Å². The van der Waals surface area contributed by atoms with Crippen LogP contribution in [0, 0.1) is 15.9 Å². The summed E-state index contributed by atoms with van der Waals surface area (Å²) in [5.74, 6) is -0.775. The van der Waals surface area contributed by atoms with Crippen molar-refractivity contribution in [2.24, 2.45) is 0 Å². The first-order valence-electron chi connectivity index (χ1n) is 8.66. The summed E-state index contributed by atoms with van der Waals surface area (Å²) in [7, 11) is 1.27. The third kappa shape index (κ3) is 4.72. The van der Waals surface area contributed by atoms with E-state index in [0.717, 1.165) is 18.9 Å². The van der Waals surface area contributed by atoms with E-state index in [1.807, 2.05) is 4.90 Å². The molecule has 1 aliphatic rings. The van der Waals surface area contributed by atoms with Crippen LogP contribution in [0.15, 0.2) is 36.4 Å². The molecule has 0 N–H and O–H groups in total. The first kappa shape index (κ1) is 19.9. The van der Waals surface area contributed by atoms with Crippen molar-refractivity contribution in [1.29, 1.82) is 0 Å². The molecule has 1 saturated carbocycles. The highest BCUT2D eigenvalue weighted by molar-refractivity contribution is 5.54. The van der Waals surface area contributed by atoms with Crippen LogP contribution in [-0.2, 0) is 13.1 Å². The third-order valence-corrected chi connectivity index (χ3v) is 4.55. The van der Waals surface area contributed by atoms with Crippen LogP contribution in [0.1, 0.15) is 24.0 Å². The fourth-order valence-electron chi connectivity index (χ4n) is 3.05. The zero-order valence-electron chi connectivity index (χ0n) is 15.1. The van der Waals surface area contributed by atoms with Crippen molar-refractivity contribution in [3.63, 3.8) is 0 Å². The number of hydrogen-bond acceptors (Lipinski definition) is 5. The van der Waals surface area contributed by atoms with Crippen molar-refractivity contribution in [2.45, 2.75) is 38.6 Å². The van der Waals surface area contributed by atoms with Crippen molar-refractivity contribution < 1.29 is 27.6 Å². The van der Waals surface area contributed by atoms with Gasteiger partial charge >= 0.3 is 6.61 Å². The molecule has 150 valence electrons. The predicted octanol–water partition coefficient (Wildman–Crippen LogP) is 4.51. The van der Waals surface area contributed by atoms with Crippen LogP contribution in [0.5, 0.6) is 11.5 Å². The van der Waals surface area contributed by atoms with E-state index in [0.29, 0.717) is 5.56 Å². The Hall–Kier alpha value is -2.81. The summed E-state index contributed by atoms with van der Waals surface area (Å²) in [6.07, 6.45) is 1.82. The van der Waals surface area contributed by atoms with E-state index in [1.165, 1.54) is 19.2 Å². The average molecular weight is 396 g/mol. The summed E-state index contributed by atoms with van der Waals surface area (Å²) in [5, 5.41) is 11.5. The molecule has 6 nitrogen and oxygen atoms in total. The van der Waals surface area contributed by atoms with Gasteiger partial charge in [0.05, 0.1) is 18.1 Å². The van der Waals surface area contributed by atoms with E-state index in [4.69, 9.17) is 4.74 Å². The maximum atomic E-state index is 14.0. The van der Waals surface area contributed by atoms with Gasteiger partial charge in [0.2, 0.25) is 0 Å². The number of hydrogen-bond donors (Lipinski definition) is 0. The fraction of sp³-hybridized carbons (Fsp3) is 0.368. The van der Waals surface area contributed by atoms with Crippen LogP contribution < -0.4 is 9.47 Å². The van der Waals surface area contributed by atoms with E-state index in [-0.39, 0.29) is 41.9 Å². The number of rotatable bonds is 9. The van der Waals surface area contributed by atoms with Gasteiger partial charge in [0.25, 0.3) is 5.69 Å². The lowest BCUT2D eigenvalue weighted by atomic mass is 10.1. The molecular formula is C19H19F3N2O4. The number of methoxy groups -OCH3 is 1. The minimum atomic E-state index is -3.14. The van der Waals surface area contributed by atoms with Gasteiger partial charge < -0.3 is 9.47 Å². The Morgan fingerprint density at radius 1 is 1.18 bits per heavy atom. The molecule has 0 aromatic heterocycles. The van der Waals surface area contributed by atoms with Gasteiger partial charge in [0.1, 0.15) is 5.82 Å². The van der Waals surface area contributed by atoms with Gasteiger partial charge in [0, 0.05) is 30.3 Å². The highest BCUT2D eigenvalue weighted by Crippen LogP contribution is 2.38.